The van der Waals surface area contributed by atoms with Gasteiger partial charge in [-0.05, 0) is 87.5 Å². The quantitative estimate of drug-likeness (QED) is 0.215. The van der Waals surface area contributed by atoms with Gasteiger partial charge in [-0.15, -0.1) is 0 Å². The van der Waals surface area contributed by atoms with E-state index in [4.69, 9.17) is 0 Å². The first-order valence-corrected chi connectivity index (χ1v) is 13.8. The van der Waals surface area contributed by atoms with E-state index in [9.17, 15) is 0 Å². The van der Waals surface area contributed by atoms with Crippen molar-refractivity contribution in [3.63, 3.8) is 0 Å². The van der Waals surface area contributed by atoms with Gasteiger partial charge in [0.15, 0.2) is 6.20 Å². The summed E-state index contributed by atoms with van der Waals surface area (Å²) in [5, 5.41) is 2.70. The molecule has 0 N–H and O–H groups in total. The number of hydrogen-bond donors (Lipinski definition) is 0. The van der Waals surface area contributed by atoms with E-state index in [0.29, 0.717) is 0 Å². The molecular weight excluding hydrogens is 458 g/mol. The molecule has 38 heavy (non-hydrogen) atoms. The van der Waals surface area contributed by atoms with Crippen molar-refractivity contribution >= 4 is 10.8 Å². The molecule has 0 bridgehead atoms. The minimum atomic E-state index is -0.0539. The van der Waals surface area contributed by atoms with Crippen LogP contribution in [0.2, 0.25) is 0 Å². The third kappa shape index (κ3) is 3.34. The SMILES string of the molecule is Cc1ccccc1-c1cc(-c2ccc3c(c2C)C(C)(C)C(C)(C)c2c-3ccc3ccccc23)[n+](C)cc1C. The van der Waals surface area contributed by atoms with Crippen molar-refractivity contribution in [1.29, 1.82) is 0 Å². The molecule has 1 heteroatoms. The Morgan fingerprint density at radius 1 is 0.553 bits per heavy atom. The first kappa shape index (κ1) is 24.6. The summed E-state index contributed by atoms with van der Waals surface area (Å²) in [4.78, 5) is 0. The van der Waals surface area contributed by atoms with Crippen molar-refractivity contribution in [2.45, 2.75) is 59.3 Å². The second-order valence-electron chi connectivity index (χ2n) is 12.3. The van der Waals surface area contributed by atoms with Crippen molar-refractivity contribution in [2.75, 3.05) is 0 Å². The van der Waals surface area contributed by atoms with Crippen LogP contribution >= 0.6 is 0 Å². The molecule has 1 nitrogen and oxygen atoms in total. The lowest BCUT2D eigenvalue weighted by Gasteiger charge is -2.49. The molecule has 0 aliphatic heterocycles. The van der Waals surface area contributed by atoms with Crippen LogP contribution in [0, 0.1) is 20.8 Å². The van der Waals surface area contributed by atoms with Crippen molar-refractivity contribution in [2.24, 2.45) is 7.05 Å². The summed E-state index contributed by atoms with van der Waals surface area (Å²) >= 11 is 0. The monoisotopic (exact) mass is 496 g/mol. The van der Waals surface area contributed by atoms with Gasteiger partial charge >= 0.3 is 0 Å². The molecule has 1 heterocycles. The number of aryl methyl sites for hydroxylation is 3. The Hall–Kier alpha value is -3.71. The van der Waals surface area contributed by atoms with Crippen LogP contribution in [-0.4, -0.2) is 0 Å². The average Bonchev–Trinajstić information content (AvgIpc) is 2.88. The number of nitrogens with zero attached hydrogens (tertiary/aromatic N) is 1. The Labute approximate surface area is 227 Å². The van der Waals surface area contributed by atoms with Crippen LogP contribution < -0.4 is 4.57 Å². The Kier molecular flexibility index (Phi) is 5.44. The minimum absolute atomic E-state index is 0.0403. The smallest absolute Gasteiger partial charge is 0.201 e. The molecule has 0 atom stereocenters. The van der Waals surface area contributed by atoms with Gasteiger partial charge in [-0.1, -0.05) is 94.4 Å². The van der Waals surface area contributed by atoms with Crippen LogP contribution in [0.3, 0.4) is 0 Å². The first-order valence-electron chi connectivity index (χ1n) is 13.8. The summed E-state index contributed by atoms with van der Waals surface area (Å²) < 4.78 is 2.30. The van der Waals surface area contributed by atoms with Crippen LogP contribution in [0.4, 0.5) is 0 Å². The normalized spacial score (nSPS) is 15.3. The summed E-state index contributed by atoms with van der Waals surface area (Å²) in [5.74, 6) is 0. The van der Waals surface area contributed by atoms with E-state index in [1.807, 2.05) is 0 Å². The second-order valence-corrected chi connectivity index (χ2v) is 12.3. The fourth-order valence-corrected chi connectivity index (χ4v) is 7.03. The summed E-state index contributed by atoms with van der Waals surface area (Å²) in [5.41, 5.74) is 14.8. The van der Waals surface area contributed by atoms with Gasteiger partial charge in [-0.25, -0.2) is 4.57 Å². The lowest BCUT2D eigenvalue weighted by molar-refractivity contribution is -0.660. The zero-order valence-electron chi connectivity index (χ0n) is 24.0. The van der Waals surface area contributed by atoms with Gasteiger partial charge in [-0.3, -0.25) is 0 Å². The molecule has 1 aliphatic carbocycles. The highest BCUT2D eigenvalue weighted by Crippen LogP contribution is 2.57. The van der Waals surface area contributed by atoms with Gasteiger partial charge in [0, 0.05) is 22.6 Å². The van der Waals surface area contributed by atoms with E-state index < -0.39 is 0 Å². The highest BCUT2D eigenvalue weighted by Gasteiger charge is 2.47. The van der Waals surface area contributed by atoms with Gasteiger partial charge in [0.1, 0.15) is 7.05 Å². The van der Waals surface area contributed by atoms with Crippen molar-refractivity contribution < 1.29 is 4.57 Å². The van der Waals surface area contributed by atoms with Gasteiger partial charge in [0.25, 0.3) is 0 Å². The molecule has 4 aromatic carbocycles. The van der Waals surface area contributed by atoms with Crippen LogP contribution in [0.1, 0.15) is 55.5 Å². The van der Waals surface area contributed by atoms with Gasteiger partial charge in [0.05, 0.1) is 0 Å². The molecule has 5 aromatic rings. The largest absolute Gasteiger partial charge is 0.213 e. The van der Waals surface area contributed by atoms with Crippen LogP contribution in [0.5, 0.6) is 0 Å². The number of fused-ring (bicyclic) bond motifs is 5. The molecule has 1 aromatic heterocycles. The summed E-state index contributed by atoms with van der Waals surface area (Å²) in [6, 6.07) is 29.4. The Morgan fingerprint density at radius 3 is 1.92 bits per heavy atom. The molecule has 6 rings (SSSR count). The van der Waals surface area contributed by atoms with Crippen LogP contribution in [0.25, 0.3) is 44.3 Å². The standard InChI is InChI=1S/C37H38N/c1-23-13-9-11-15-27(23)32-21-33(38(8)22-24(32)2)28-19-20-30-31-18-17-26-14-10-12-16-29(26)35(31)37(6,7)36(4,5)34(30)25(28)3/h9-22H,1-8H3/q+1. The molecule has 0 amide bonds. The Balaban J connectivity index is 1.63. The molecule has 0 saturated carbocycles. The van der Waals surface area contributed by atoms with E-state index in [1.54, 1.807) is 0 Å². The molecule has 0 unspecified atom stereocenters. The predicted molar refractivity (Wildman–Crippen MR) is 162 cm³/mol. The van der Waals surface area contributed by atoms with Gasteiger partial charge in [0.2, 0.25) is 5.69 Å². The fourth-order valence-electron chi connectivity index (χ4n) is 7.03. The van der Waals surface area contributed by atoms with E-state index in [-0.39, 0.29) is 10.8 Å². The highest BCUT2D eigenvalue weighted by molar-refractivity contribution is 5.96. The number of pyridine rings is 1. The highest BCUT2D eigenvalue weighted by atomic mass is 14.9. The number of aromatic nitrogens is 1. The topological polar surface area (TPSA) is 3.88 Å². The maximum Gasteiger partial charge on any atom is 0.213 e. The summed E-state index contributed by atoms with van der Waals surface area (Å²) in [7, 11) is 2.18. The van der Waals surface area contributed by atoms with Gasteiger partial charge in [-0.2, -0.15) is 0 Å². The number of benzene rings is 4. The first-order chi connectivity index (χ1) is 18.0. The van der Waals surface area contributed by atoms with Crippen LogP contribution in [0.15, 0.2) is 85.1 Å². The van der Waals surface area contributed by atoms with E-state index >= 15 is 0 Å². The van der Waals surface area contributed by atoms with Crippen molar-refractivity contribution in [1.82, 2.24) is 0 Å². The number of rotatable bonds is 2. The molecule has 0 saturated heterocycles. The summed E-state index contributed by atoms with van der Waals surface area (Å²) in [6.45, 7) is 16.5. The van der Waals surface area contributed by atoms with E-state index in [1.165, 1.54) is 72.1 Å². The average molecular weight is 497 g/mol. The maximum atomic E-state index is 2.45. The Morgan fingerprint density at radius 2 is 1.16 bits per heavy atom. The van der Waals surface area contributed by atoms with Gasteiger partial charge < -0.3 is 0 Å². The van der Waals surface area contributed by atoms with Crippen molar-refractivity contribution in [3.05, 3.63) is 113 Å². The predicted octanol–water partition coefficient (Wildman–Crippen LogP) is 9.16. The lowest BCUT2D eigenvalue weighted by atomic mass is 9.54. The zero-order chi connectivity index (χ0) is 27.0. The molecule has 0 fully saturated rings. The molecular formula is C37H38N+. The Bertz CT molecular complexity index is 1750. The minimum Gasteiger partial charge on any atom is -0.201 e. The third-order valence-electron chi connectivity index (χ3n) is 9.68. The molecule has 190 valence electrons. The zero-order valence-corrected chi connectivity index (χ0v) is 24.0. The summed E-state index contributed by atoms with van der Waals surface area (Å²) in [6.07, 6.45) is 2.28. The fraction of sp³-hybridized carbons (Fsp3) is 0.270. The van der Waals surface area contributed by atoms with E-state index in [0.717, 1.165) is 0 Å². The number of hydrogen-bond acceptors (Lipinski definition) is 0. The second kappa shape index (κ2) is 8.40. The molecule has 0 spiro atoms. The molecule has 1 aliphatic rings. The third-order valence-corrected chi connectivity index (χ3v) is 9.68. The van der Waals surface area contributed by atoms with Crippen molar-refractivity contribution in [3.8, 4) is 33.5 Å². The molecule has 0 radical (unpaired) electrons. The maximum absolute atomic E-state index is 2.45. The van der Waals surface area contributed by atoms with E-state index in [2.05, 4.69) is 145 Å². The lowest BCUT2D eigenvalue weighted by Crippen LogP contribution is -2.44. The van der Waals surface area contributed by atoms with Crippen LogP contribution in [-0.2, 0) is 17.9 Å².